The van der Waals surface area contributed by atoms with Gasteiger partial charge >= 0.3 is 6.36 Å². The Morgan fingerprint density at radius 2 is 2.06 bits per heavy atom. The van der Waals surface area contributed by atoms with Gasteiger partial charge in [-0.05, 0) is 13.0 Å². The maximum Gasteiger partial charge on any atom is 0.573 e. The lowest BCUT2D eigenvalue weighted by atomic mass is 9.87. The molecular formula is C12H13F3O3. The fraction of sp³-hybridized carbons (Fsp3) is 0.500. The van der Waals surface area contributed by atoms with Crippen LogP contribution in [0.3, 0.4) is 0 Å². The number of para-hydroxylation sites is 1. The molecule has 2 unspecified atom stereocenters. The van der Waals surface area contributed by atoms with Crippen LogP contribution in [0.2, 0.25) is 0 Å². The van der Waals surface area contributed by atoms with Crippen LogP contribution in [0, 0.1) is 0 Å². The Hall–Kier alpha value is -1.27. The average molecular weight is 262 g/mol. The lowest BCUT2D eigenvalue weighted by Gasteiger charge is -2.28. The normalized spacial score (nSPS) is 28.4. The average Bonchev–Trinajstić information content (AvgIpc) is 2.59. The van der Waals surface area contributed by atoms with Crippen molar-refractivity contribution in [2.24, 2.45) is 0 Å². The second-order valence-corrected chi connectivity index (χ2v) is 4.23. The molecule has 3 nitrogen and oxygen atoms in total. The molecule has 6 heteroatoms. The molecule has 0 aromatic heterocycles. The molecule has 1 aromatic rings. The van der Waals surface area contributed by atoms with Crippen LogP contribution in [0.4, 0.5) is 13.2 Å². The summed E-state index contributed by atoms with van der Waals surface area (Å²) in [4.78, 5) is 0. The molecule has 1 heterocycles. The van der Waals surface area contributed by atoms with Gasteiger partial charge in [0.05, 0.1) is 12.7 Å². The number of alkyl halides is 3. The number of halogens is 3. The highest BCUT2D eigenvalue weighted by Gasteiger charge is 2.44. The minimum absolute atomic E-state index is 0.104. The number of aliphatic hydroxyl groups is 1. The van der Waals surface area contributed by atoms with Crippen molar-refractivity contribution in [3.63, 3.8) is 0 Å². The van der Waals surface area contributed by atoms with Gasteiger partial charge in [-0.2, -0.15) is 0 Å². The third-order valence-electron chi connectivity index (χ3n) is 3.10. The van der Waals surface area contributed by atoms with Crippen LogP contribution in [0.15, 0.2) is 24.3 Å². The minimum Gasteiger partial charge on any atom is -0.405 e. The van der Waals surface area contributed by atoms with E-state index in [9.17, 15) is 18.3 Å². The van der Waals surface area contributed by atoms with Crippen molar-refractivity contribution >= 4 is 0 Å². The van der Waals surface area contributed by atoms with Gasteiger partial charge in [0.25, 0.3) is 0 Å². The monoisotopic (exact) mass is 262 g/mol. The molecule has 0 aliphatic carbocycles. The van der Waals surface area contributed by atoms with Crippen molar-refractivity contribution in [2.75, 3.05) is 6.61 Å². The van der Waals surface area contributed by atoms with E-state index in [4.69, 9.17) is 4.74 Å². The zero-order valence-corrected chi connectivity index (χ0v) is 9.70. The van der Waals surface area contributed by atoms with Gasteiger partial charge < -0.3 is 14.6 Å². The van der Waals surface area contributed by atoms with Crippen LogP contribution in [0.25, 0.3) is 0 Å². The summed E-state index contributed by atoms with van der Waals surface area (Å²) >= 11 is 0. The van der Waals surface area contributed by atoms with E-state index in [1.807, 2.05) is 0 Å². The molecule has 18 heavy (non-hydrogen) atoms. The molecule has 1 aliphatic rings. The van der Waals surface area contributed by atoms with E-state index >= 15 is 0 Å². The Balaban J connectivity index is 2.39. The molecule has 0 radical (unpaired) electrons. The zero-order valence-electron chi connectivity index (χ0n) is 9.70. The Bertz CT molecular complexity index is 433. The molecule has 0 spiro atoms. The van der Waals surface area contributed by atoms with Crippen molar-refractivity contribution in [3.05, 3.63) is 29.8 Å². The Morgan fingerprint density at radius 1 is 1.39 bits per heavy atom. The highest BCUT2D eigenvalue weighted by molar-refractivity contribution is 5.39. The first kappa shape index (κ1) is 13.2. The van der Waals surface area contributed by atoms with Crippen LogP contribution in [-0.4, -0.2) is 24.2 Å². The van der Waals surface area contributed by atoms with Crippen molar-refractivity contribution in [3.8, 4) is 5.75 Å². The highest BCUT2D eigenvalue weighted by Crippen LogP contribution is 2.41. The number of benzene rings is 1. The molecule has 100 valence electrons. The Kier molecular flexibility index (Phi) is 3.25. The SMILES string of the molecule is CC1OCCC1(O)c1ccccc1OC(F)(F)F. The van der Waals surface area contributed by atoms with Crippen molar-refractivity contribution in [2.45, 2.75) is 31.4 Å². The van der Waals surface area contributed by atoms with Crippen LogP contribution < -0.4 is 4.74 Å². The van der Waals surface area contributed by atoms with Gasteiger partial charge in [0.1, 0.15) is 11.4 Å². The summed E-state index contributed by atoms with van der Waals surface area (Å²) in [7, 11) is 0. The number of ether oxygens (including phenoxy) is 2. The maximum absolute atomic E-state index is 12.3. The van der Waals surface area contributed by atoms with Gasteiger partial charge in [0, 0.05) is 12.0 Å². The van der Waals surface area contributed by atoms with E-state index < -0.39 is 18.1 Å². The Morgan fingerprint density at radius 3 is 2.61 bits per heavy atom. The van der Waals surface area contributed by atoms with Gasteiger partial charge in [-0.3, -0.25) is 0 Å². The summed E-state index contributed by atoms with van der Waals surface area (Å²) in [5.41, 5.74) is -1.34. The fourth-order valence-corrected chi connectivity index (χ4v) is 2.12. The molecule has 1 saturated heterocycles. The van der Waals surface area contributed by atoms with Crippen molar-refractivity contribution in [1.82, 2.24) is 0 Å². The molecule has 1 aromatic carbocycles. The van der Waals surface area contributed by atoms with Gasteiger partial charge in [0.15, 0.2) is 0 Å². The summed E-state index contributed by atoms with van der Waals surface area (Å²) in [5, 5.41) is 10.4. The summed E-state index contributed by atoms with van der Waals surface area (Å²) < 4.78 is 46.0. The van der Waals surface area contributed by atoms with Crippen molar-refractivity contribution < 1.29 is 27.8 Å². The van der Waals surface area contributed by atoms with E-state index in [2.05, 4.69) is 4.74 Å². The molecule has 1 aliphatic heterocycles. The highest BCUT2D eigenvalue weighted by atomic mass is 19.4. The van der Waals surface area contributed by atoms with Gasteiger partial charge in [-0.25, -0.2) is 0 Å². The first-order chi connectivity index (χ1) is 8.33. The second kappa shape index (κ2) is 4.44. The predicted molar refractivity (Wildman–Crippen MR) is 57.1 cm³/mol. The van der Waals surface area contributed by atoms with E-state index in [1.54, 1.807) is 13.0 Å². The zero-order chi connectivity index (χ0) is 13.4. The summed E-state index contributed by atoms with van der Waals surface area (Å²) in [6.45, 7) is 1.93. The minimum atomic E-state index is -4.78. The molecule has 1 fully saturated rings. The first-order valence-corrected chi connectivity index (χ1v) is 5.52. The lowest BCUT2D eigenvalue weighted by molar-refractivity contribution is -0.275. The summed E-state index contributed by atoms with van der Waals surface area (Å²) in [5.74, 6) is -0.384. The van der Waals surface area contributed by atoms with E-state index in [-0.39, 0.29) is 17.7 Å². The number of rotatable bonds is 2. The van der Waals surface area contributed by atoms with Crippen LogP contribution in [0.5, 0.6) is 5.75 Å². The van der Waals surface area contributed by atoms with Crippen molar-refractivity contribution in [1.29, 1.82) is 0 Å². The number of hydrogen-bond donors (Lipinski definition) is 1. The fourth-order valence-electron chi connectivity index (χ4n) is 2.12. The molecule has 2 atom stereocenters. The smallest absolute Gasteiger partial charge is 0.405 e. The molecule has 2 rings (SSSR count). The molecule has 1 N–H and O–H groups in total. The predicted octanol–water partition coefficient (Wildman–Crippen LogP) is 2.58. The molecule has 0 bridgehead atoms. The summed E-state index contributed by atoms with van der Waals surface area (Å²) in [6.07, 6.45) is -5.11. The molecular weight excluding hydrogens is 249 g/mol. The van der Waals surface area contributed by atoms with Gasteiger partial charge in [0.2, 0.25) is 0 Å². The number of hydrogen-bond acceptors (Lipinski definition) is 3. The molecule has 0 amide bonds. The van der Waals surface area contributed by atoms with E-state index in [0.29, 0.717) is 6.61 Å². The lowest BCUT2D eigenvalue weighted by Crippen LogP contribution is -2.34. The van der Waals surface area contributed by atoms with Gasteiger partial charge in [-0.1, -0.05) is 18.2 Å². The topological polar surface area (TPSA) is 38.7 Å². The van der Waals surface area contributed by atoms with Crippen LogP contribution >= 0.6 is 0 Å². The standard InChI is InChI=1S/C12H13F3O3/c1-8-11(16,6-7-17-8)9-4-2-3-5-10(9)18-12(13,14)15/h2-5,8,16H,6-7H2,1H3. The third-order valence-corrected chi connectivity index (χ3v) is 3.10. The largest absolute Gasteiger partial charge is 0.573 e. The second-order valence-electron chi connectivity index (χ2n) is 4.23. The third kappa shape index (κ3) is 2.44. The van der Waals surface area contributed by atoms with E-state index in [1.165, 1.54) is 18.2 Å². The van der Waals surface area contributed by atoms with Crippen LogP contribution in [0.1, 0.15) is 18.9 Å². The maximum atomic E-state index is 12.3. The molecule has 0 saturated carbocycles. The van der Waals surface area contributed by atoms with E-state index in [0.717, 1.165) is 0 Å². The van der Waals surface area contributed by atoms with Gasteiger partial charge in [-0.15, -0.1) is 13.2 Å². The quantitative estimate of drug-likeness (QED) is 0.890. The summed E-state index contributed by atoms with van der Waals surface area (Å²) in [6, 6.07) is 5.59. The Labute approximate surface area is 102 Å². The first-order valence-electron chi connectivity index (χ1n) is 5.52. The van der Waals surface area contributed by atoms with Crippen LogP contribution in [-0.2, 0) is 10.3 Å².